The smallest absolute Gasteiger partial charge is 0.0614 e. The Labute approximate surface area is 336 Å². The minimum atomic E-state index is 0.280. The van der Waals surface area contributed by atoms with Gasteiger partial charge in [-0.3, -0.25) is 0 Å². The van der Waals surface area contributed by atoms with Gasteiger partial charge in [-0.1, -0.05) is 252 Å². The summed E-state index contributed by atoms with van der Waals surface area (Å²) in [7, 11) is 0. The molecule has 2 heteroatoms. The first-order valence-corrected chi connectivity index (χ1v) is 25.6. The molecule has 2 rings (SSSR count). The van der Waals surface area contributed by atoms with Gasteiger partial charge in [-0.15, -0.1) is 0 Å². The van der Waals surface area contributed by atoms with Gasteiger partial charge in [0.2, 0.25) is 0 Å². The Kier molecular flexibility index (Phi) is 31.5. The summed E-state index contributed by atoms with van der Waals surface area (Å²) in [4.78, 5) is 0. The Bertz CT molecular complexity index is 665. The lowest BCUT2D eigenvalue weighted by molar-refractivity contribution is -0.0914. The Morgan fingerprint density at radius 2 is 0.604 bits per heavy atom. The maximum absolute atomic E-state index is 7.33. The van der Waals surface area contributed by atoms with Gasteiger partial charge in [0.25, 0.3) is 0 Å². The van der Waals surface area contributed by atoms with Gasteiger partial charge >= 0.3 is 0 Å². The maximum Gasteiger partial charge on any atom is 0.0614 e. The SMILES string of the molecule is CCCCCCCCCCC1(CCCCCCCCCC)CC(OC2CCCCC2)CC(CCCCCCCCCC)(CCCCCCCCCC)N1. The Morgan fingerprint density at radius 3 is 0.887 bits per heavy atom. The average Bonchev–Trinajstić information content (AvgIpc) is 3.16. The summed E-state index contributed by atoms with van der Waals surface area (Å²) in [6, 6.07) is 0. The van der Waals surface area contributed by atoms with Gasteiger partial charge < -0.3 is 10.1 Å². The van der Waals surface area contributed by atoms with Crippen LogP contribution in [-0.2, 0) is 4.74 Å². The molecule has 2 fully saturated rings. The van der Waals surface area contributed by atoms with E-state index in [4.69, 9.17) is 10.1 Å². The maximum atomic E-state index is 7.33. The van der Waals surface area contributed by atoms with E-state index < -0.39 is 0 Å². The fourth-order valence-corrected chi connectivity index (χ4v) is 10.5. The molecule has 2 nitrogen and oxygen atoms in total. The molecule has 0 amide bonds. The van der Waals surface area contributed by atoms with Crippen molar-refractivity contribution < 1.29 is 4.74 Å². The molecule has 316 valence electrons. The molecule has 53 heavy (non-hydrogen) atoms. The number of nitrogens with one attached hydrogen (secondary N) is 1. The van der Waals surface area contributed by atoms with Crippen LogP contribution < -0.4 is 5.32 Å². The van der Waals surface area contributed by atoms with Crippen molar-refractivity contribution in [1.82, 2.24) is 5.32 Å². The monoisotopic (exact) mass is 744 g/mol. The second kappa shape index (κ2) is 34.0. The molecule has 0 bridgehead atoms. The minimum absolute atomic E-state index is 0.280. The summed E-state index contributed by atoms with van der Waals surface area (Å²) in [6.07, 6.45) is 61.7. The van der Waals surface area contributed by atoms with E-state index in [0.29, 0.717) is 12.2 Å². The molecule has 0 radical (unpaired) electrons. The molecule has 0 aromatic heterocycles. The number of hydrogen-bond acceptors (Lipinski definition) is 2. The lowest BCUT2D eigenvalue weighted by Gasteiger charge is -2.54. The highest BCUT2D eigenvalue weighted by Gasteiger charge is 2.47. The highest BCUT2D eigenvalue weighted by Crippen LogP contribution is 2.43. The van der Waals surface area contributed by atoms with E-state index in [1.54, 1.807) is 0 Å². The second-order valence-corrected chi connectivity index (χ2v) is 19.0. The van der Waals surface area contributed by atoms with Gasteiger partial charge in [-0.2, -0.15) is 0 Å². The summed E-state index contributed by atoms with van der Waals surface area (Å²) in [5.41, 5.74) is 0.560. The van der Waals surface area contributed by atoms with Gasteiger partial charge in [0.05, 0.1) is 12.2 Å². The molecular weight excluding hydrogens is 643 g/mol. The van der Waals surface area contributed by atoms with Crippen LogP contribution >= 0.6 is 0 Å². The largest absolute Gasteiger partial charge is 0.375 e. The van der Waals surface area contributed by atoms with Crippen LogP contribution in [0.25, 0.3) is 0 Å². The van der Waals surface area contributed by atoms with Gasteiger partial charge in [0, 0.05) is 11.1 Å². The minimum Gasteiger partial charge on any atom is -0.375 e. The number of unbranched alkanes of at least 4 members (excludes halogenated alkanes) is 28. The first-order valence-electron chi connectivity index (χ1n) is 25.6. The molecule has 1 aliphatic carbocycles. The van der Waals surface area contributed by atoms with Crippen LogP contribution in [0.1, 0.15) is 304 Å². The quantitative estimate of drug-likeness (QED) is 0.0636. The van der Waals surface area contributed by atoms with E-state index in [1.807, 2.05) is 0 Å². The fraction of sp³-hybridized carbons (Fsp3) is 1.00. The lowest BCUT2D eigenvalue weighted by atomic mass is 9.69. The zero-order valence-corrected chi connectivity index (χ0v) is 37.5. The van der Waals surface area contributed by atoms with Crippen LogP contribution in [0.3, 0.4) is 0 Å². The first kappa shape index (κ1) is 49.1. The van der Waals surface area contributed by atoms with Crippen molar-refractivity contribution in [3.8, 4) is 0 Å². The van der Waals surface area contributed by atoms with Crippen LogP contribution in [0.2, 0.25) is 0 Å². The molecule has 2 aliphatic rings. The molecule has 1 aliphatic heterocycles. The third-order valence-electron chi connectivity index (χ3n) is 13.7. The van der Waals surface area contributed by atoms with E-state index in [-0.39, 0.29) is 11.1 Å². The molecule has 1 N–H and O–H groups in total. The van der Waals surface area contributed by atoms with Crippen molar-refractivity contribution in [3.63, 3.8) is 0 Å². The highest BCUT2D eigenvalue weighted by atomic mass is 16.5. The fourth-order valence-electron chi connectivity index (χ4n) is 10.5. The molecular formula is C51H101NO. The number of hydrogen-bond donors (Lipinski definition) is 1. The molecule has 0 aromatic rings. The van der Waals surface area contributed by atoms with Crippen molar-refractivity contribution in [2.75, 3.05) is 0 Å². The van der Waals surface area contributed by atoms with Crippen molar-refractivity contribution in [2.24, 2.45) is 0 Å². The van der Waals surface area contributed by atoms with E-state index in [2.05, 4.69) is 27.7 Å². The zero-order valence-electron chi connectivity index (χ0n) is 37.5. The average molecular weight is 744 g/mol. The molecule has 0 spiro atoms. The summed E-state index contributed by atoms with van der Waals surface area (Å²) in [5, 5.41) is 4.74. The normalized spacial score (nSPS) is 17.9. The molecule has 1 saturated heterocycles. The van der Waals surface area contributed by atoms with E-state index >= 15 is 0 Å². The molecule has 0 unspecified atom stereocenters. The Morgan fingerprint density at radius 1 is 0.340 bits per heavy atom. The van der Waals surface area contributed by atoms with E-state index in [9.17, 15) is 0 Å². The van der Waals surface area contributed by atoms with Crippen LogP contribution in [0.4, 0.5) is 0 Å². The van der Waals surface area contributed by atoms with E-state index in [1.165, 1.54) is 276 Å². The molecule has 0 atom stereocenters. The predicted octanol–water partition coefficient (Wildman–Crippen LogP) is 17.7. The molecule has 1 saturated carbocycles. The van der Waals surface area contributed by atoms with Crippen LogP contribution in [-0.4, -0.2) is 23.3 Å². The third-order valence-corrected chi connectivity index (χ3v) is 13.7. The van der Waals surface area contributed by atoms with Gasteiger partial charge in [-0.25, -0.2) is 0 Å². The summed E-state index contributed by atoms with van der Waals surface area (Å²) in [6.45, 7) is 9.38. The Balaban J connectivity index is 2.20. The van der Waals surface area contributed by atoms with Crippen LogP contribution in [0, 0.1) is 0 Å². The van der Waals surface area contributed by atoms with Crippen molar-refractivity contribution in [2.45, 2.75) is 327 Å². The van der Waals surface area contributed by atoms with E-state index in [0.717, 1.165) is 0 Å². The predicted molar refractivity (Wildman–Crippen MR) is 238 cm³/mol. The van der Waals surface area contributed by atoms with Crippen LogP contribution in [0.5, 0.6) is 0 Å². The molecule has 1 heterocycles. The van der Waals surface area contributed by atoms with Crippen molar-refractivity contribution in [3.05, 3.63) is 0 Å². The van der Waals surface area contributed by atoms with Gasteiger partial charge in [0.1, 0.15) is 0 Å². The highest BCUT2D eigenvalue weighted by molar-refractivity contribution is 5.06. The van der Waals surface area contributed by atoms with Gasteiger partial charge in [0.15, 0.2) is 0 Å². The number of piperidine rings is 1. The Hall–Kier alpha value is -0.0800. The third kappa shape index (κ3) is 25.0. The molecule has 0 aromatic carbocycles. The lowest BCUT2D eigenvalue weighted by Crippen LogP contribution is -2.65. The standard InChI is InChI=1S/C51H101NO/c1-5-9-13-17-21-25-29-36-42-50(43-37-30-26-22-18-14-10-6-2)46-49(53-48-40-34-33-35-41-48)47-51(52-50,44-38-31-27-23-19-15-11-7-3)45-39-32-28-24-20-16-12-8-4/h48-49,52H,5-47H2,1-4H3. The zero-order chi connectivity index (χ0) is 38.0. The number of ether oxygens (including phenoxy) is 1. The van der Waals surface area contributed by atoms with Gasteiger partial charge in [-0.05, 0) is 51.4 Å². The van der Waals surface area contributed by atoms with Crippen molar-refractivity contribution >= 4 is 0 Å². The van der Waals surface area contributed by atoms with Crippen molar-refractivity contribution in [1.29, 1.82) is 0 Å². The summed E-state index contributed by atoms with van der Waals surface area (Å²) in [5.74, 6) is 0. The summed E-state index contributed by atoms with van der Waals surface area (Å²) >= 11 is 0. The first-order chi connectivity index (χ1) is 26.1. The summed E-state index contributed by atoms with van der Waals surface area (Å²) < 4.78 is 7.33. The topological polar surface area (TPSA) is 21.3 Å². The number of rotatable bonds is 38. The van der Waals surface area contributed by atoms with Crippen LogP contribution in [0.15, 0.2) is 0 Å². The second-order valence-electron chi connectivity index (χ2n) is 19.0.